The van der Waals surface area contributed by atoms with Gasteiger partial charge in [0.15, 0.2) is 0 Å². The van der Waals surface area contributed by atoms with Crippen LogP contribution in [0, 0.1) is 11.8 Å². The standard InChI is InChI=1S/2C6H10N2O2S.3C5H11NO2S.C4H8OS.CHN.CH2O3.2CO2.2CH4.3K.2H3N.2H2O/c2*1-11-3-2-4-5(9)8-6(10)7-4;3*1-9-3-2-4(6)5(7)8;1-6-4-2-3-5;1-2;2-1-4-3;2*2-1-3;;;;;;;;;/h2*4H,2-3H2,1H3,(H2,7,8,9,10);3*4H,2-3,6H2,1H3,(H,7,8);3H,2,4H2,1H3;1H;1,3H;;;2*1H4;;;;2*1H3;2*1H2/q;;;;;;;;;;;;3*+1;;;;/p-3. The Balaban J connectivity index is -0.0000000345. The summed E-state index contributed by atoms with van der Waals surface area (Å²) in [6.45, 7) is 3.32. The van der Waals surface area contributed by atoms with Gasteiger partial charge < -0.3 is 90.9 Å². The first-order chi connectivity index (χ1) is 31.7. The molecule has 6 amide bonds. The molecule has 21 N–H and O–H groups in total. The topological polar surface area (TPSA) is 604 Å². The predicted octanol–water partition coefficient (Wildman–Crippen LogP) is -13.0. The van der Waals surface area contributed by atoms with E-state index in [2.05, 4.69) is 32.7 Å². The Morgan fingerprint density at radius 3 is 1.01 bits per heavy atom. The van der Waals surface area contributed by atoms with E-state index in [9.17, 15) is 48.6 Å². The SMILES string of the molecule is C.C.C#N.CSCCC(N)C(=O)O.CSCCC(N)C(=O)[O-].CSCCC(N)C(=O)[O-].CSCCC1NC(=O)NC1=O.CSCCC1NC(=O)NC1=O.CSCCC=O.N.N.O.O.O=C=O.O=C=O.O=CO[O-].[K+].[K+].[K+]. The number of imide groups is 2. The summed E-state index contributed by atoms with van der Waals surface area (Å²) >= 11 is 9.77. The number of nitrogens with two attached hydrogens (primary N) is 3. The van der Waals surface area contributed by atoms with E-state index in [1.54, 1.807) is 70.6 Å². The fourth-order valence-corrected chi connectivity index (χ4v) is 5.80. The Bertz CT molecular complexity index is 1320. The van der Waals surface area contributed by atoms with E-state index in [0.717, 1.165) is 40.8 Å². The maximum absolute atomic E-state index is 10.9. The van der Waals surface area contributed by atoms with Crippen LogP contribution in [-0.2, 0) is 57.6 Å². The number of amides is 6. The van der Waals surface area contributed by atoms with Crippen LogP contribution in [0.2, 0.25) is 0 Å². The molecule has 2 aliphatic rings. The van der Waals surface area contributed by atoms with Crippen molar-refractivity contribution in [2.45, 2.75) is 83.6 Å². The molecule has 2 saturated heterocycles. The first-order valence-electron chi connectivity index (χ1n) is 18.2. The molecule has 30 nitrogen and oxygen atoms in total. The molecule has 2 rings (SSSR count). The van der Waals surface area contributed by atoms with Gasteiger partial charge in [-0.05, 0) is 104 Å². The van der Waals surface area contributed by atoms with Gasteiger partial charge in [-0.25, -0.2) is 14.9 Å². The van der Waals surface area contributed by atoms with Crippen LogP contribution in [0.4, 0.5) is 9.59 Å². The molecule has 2 fully saturated rings. The van der Waals surface area contributed by atoms with Gasteiger partial charge in [-0.2, -0.15) is 89.7 Å². The Morgan fingerprint density at radius 1 is 0.632 bits per heavy atom. The van der Waals surface area contributed by atoms with E-state index in [0.29, 0.717) is 38.5 Å². The largest absolute Gasteiger partial charge is 1.00 e. The van der Waals surface area contributed by atoms with Crippen molar-refractivity contribution in [1.82, 2.24) is 33.6 Å². The third-order valence-corrected chi connectivity index (χ3v) is 10.1. The Morgan fingerprint density at radius 2 is 0.868 bits per heavy atom. The third kappa shape index (κ3) is 110. The predicted molar refractivity (Wildman–Crippen MR) is 281 cm³/mol. The van der Waals surface area contributed by atoms with Crippen LogP contribution in [-0.4, -0.2) is 185 Å². The van der Waals surface area contributed by atoms with Gasteiger partial charge in [-0.1, -0.05) is 14.9 Å². The summed E-state index contributed by atoms with van der Waals surface area (Å²) in [6.07, 6.45) is 16.7. The fraction of sp³-hybridized carbons (Fsp3) is 0.676. The van der Waals surface area contributed by atoms with Crippen molar-refractivity contribution in [3.63, 3.8) is 0 Å². The second-order valence-corrected chi connectivity index (χ2v) is 17.0. The first-order valence-corrected chi connectivity index (χ1v) is 26.5. The number of hydrogen-bond acceptors (Lipinski definition) is 29. The number of urea groups is 2. The minimum absolute atomic E-state index is 0. The average molecular weight is 1290 g/mol. The van der Waals surface area contributed by atoms with Gasteiger partial charge in [0.25, 0.3) is 18.3 Å². The number of carboxylic acids is 3. The van der Waals surface area contributed by atoms with E-state index in [1.807, 2.05) is 37.5 Å². The maximum atomic E-state index is 10.9. The van der Waals surface area contributed by atoms with Crippen molar-refractivity contribution in [2.75, 3.05) is 72.1 Å². The summed E-state index contributed by atoms with van der Waals surface area (Å²) in [5.74, 6) is 1.45. The van der Waals surface area contributed by atoms with E-state index in [1.165, 1.54) is 0 Å². The van der Waals surface area contributed by atoms with Crippen LogP contribution in [0.25, 0.3) is 0 Å². The molecule has 2 aliphatic heterocycles. The molecule has 0 saturated carbocycles. The molecule has 0 radical (unpaired) electrons. The number of nitriles is 1. The van der Waals surface area contributed by atoms with Crippen molar-refractivity contribution < 1.29 is 253 Å². The van der Waals surface area contributed by atoms with Gasteiger partial charge in [0.1, 0.15) is 24.4 Å². The van der Waals surface area contributed by atoms with E-state index in [4.69, 9.17) is 56.8 Å². The average Bonchev–Trinajstić information content (AvgIpc) is 3.81. The summed E-state index contributed by atoms with van der Waals surface area (Å²) in [5, 5.41) is 52.5. The summed E-state index contributed by atoms with van der Waals surface area (Å²) in [4.78, 5) is 126. The molecule has 39 heteroatoms. The summed E-state index contributed by atoms with van der Waals surface area (Å²) in [6, 6.07) is -3.64. The Kier molecular flexibility index (Phi) is 168. The van der Waals surface area contributed by atoms with Gasteiger partial charge in [0.05, 0.1) is 11.9 Å². The van der Waals surface area contributed by atoms with Crippen molar-refractivity contribution >= 4 is 137 Å². The number of nitrogens with one attached hydrogen (secondary N) is 4. The molecule has 0 aromatic heterocycles. The molecule has 76 heavy (non-hydrogen) atoms. The molecule has 0 aliphatic carbocycles. The number of hydrogen-bond donors (Lipinski definition) is 10. The minimum Gasteiger partial charge on any atom is -0.662 e. The molecular weight excluding hydrogens is 1210 g/mol. The zero-order valence-corrected chi connectivity index (χ0v) is 57.3. The van der Waals surface area contributed by atoms with Crippen molar-refractivity contribution in [1.29, 1.82) is 5.26 Å². The fourth-order valence-electron chi connectivity index (χ4n) is 3.06. The van der Waals surface area contributed by atoms with Gasteiger partial charge >= 0.3 is 184 Å². The third-order valence-electron chi connectivity index (χ3n) is 6.24. The molecule has 0 bridgehead atoms. The zero-order valence-electron chi connectivity index (χ0n) is 43.0. The normalized spacial score (nSPS) is 12.5. The maximum Gasteiger partial charge on any atom is 1.00 e. The quantitative estimate of drug-likeness (QED) is 0.0120. The molecule has 436 valence electrons. The van der Waals surface area contributed by atoms with Crippen LogP contribution >= 0.6 is 70.6 Å². The van der Waals surface area contributed by atoms with E-state index >= 15 is 0 Å². The number of thioether (sulfide) groups is 6. The molecule has 2 heterocycles. The molecule has 0 spiro atoms. The number of carboxylic acid groups (broad SMARTS) is 3. The Labute approximate surface area is 599 Å². The number of nitrogens with zero attached hydrogens (tertiary/aromatic N) is 1. The monoisotopic (exact) mass is 1290 g/mol. The van der Waals surface area contributed by atoms with Crippen LogP contribution < -0.4 is 220 Å². The molecule has 5 atom stereocenters. The number of aliphatic carboxylic acids is 3. The Hall–Kier alpha value is 0.369. The van der Waals surface area contributed by atoms with Crippen molar-refractivity contribution in [3.05, 3.63) is 0 Å². The summed E-state index contributed by atoms with van der Waals surface area (Å²) in [5.41, 5.74) is 15.4. The first kappa shape index (κ1) is 123. The molecule has 0 aromatic rings. The number of carbonyl (C=O) groups excluding carboxylic acids is 12. The summed E-state index contributed by atoms with van der Waals surface area (Å²) < 4.78 is 0. The smallest absolute Gasteiger partial charge is 0.662 e. The molecule has 5 unspecified atom stereocenters. The van der Waals surface area contributed by atoms with E-state index in [-0.39, 0.29) is 247 Å². The summed E-state index contributed by atoms with van der Waals surface area (Å²) in [7, 11) is 0. The van der Waals surface area contributed by atoms with Crippen LogP contribution in [0.15, 0.2) is 0 Å². The number of aldehydes is 1. The molecular formula is C37H79K3N10O20S6. The van der Waals surface area contributed by atoms with Crippen molar-refractivity contribution in [3.8, 4) is 6.57 Å². The van der Waals surface area contributed by atoms with Gasteiger partial charge in [-0.15, -0.1) is 0 Å². The van der Waals surface area contributed by atoms with Crippen LogP contribution in [0.1, 0.15) is 53.4 Å². The minimum atomic E-state index is -1.16. The van der Waals surface area contributed by atoms with Crippen molar-refractivity contribution in [2.24, 2.45) is 17.2 Å². The van der Waals surface area contributed by atoms with Crippen LogP contribution in [0.3, 0.4) is 0 Å². The second-order valence-electron chi connectivity index (χ2n) is 11.0. The second kappa shape index (κ2) is 104. The molecule has 0 aromatic carbocycles. The van der Waals surface area contributed by atoms with Gasteiger partial charge in [0, 0.05) is 25.1 Å². The van der Waals surface area contributed by atoms with E-state index < -0.39 is 36.0 Å². The van der Waals surface area contributed by atoms with Gasteiger partial charge in [0.2, 0.25) is 0 Å². The number of carbonyl (C=O) groups is 9. The zero-order chi connectivity index (χ0) is 54.0. The van der Waals surface area contributed by atoms with Gasteiger partial charge in [-0.3, -0.25) is 29.8 Å². The number of rotatable bonds is 22. The van der Waals surface area contributed by atoms with Crippen LogP contribution in [0.5, 0.6) is 0 Å².